The van der Waals surface area contributed by atoms with Gasteiger partial charge in [0.1, 0.15) is 48.8 Å². The van der Waals surface area contributed by atoms with Crippen molar-refractivity contribution in [2.45, 2.75) is 114 Å². The van der Waals surface area contributed by atoms with Gasteiger partial charge in [0.05, 0.1) is 32.0 Å². The Balaban J connectivity index is 1.34. The van der Waals surface area contributed by atoms with Crippen LogP contribution in [0.3, 0.4) is 0 Å². The highest BCUT2D eigenvalue weighted by Gasteiger charge is 2.62. The first-order valence-electron chi connectivity index (χ1n) is 15.7. The van der Waals surface area contributed by atoms with Crippen molar-refractivity contribution in [1.29, 1.82) is 0 Å². The largest absolute Gasteiger partial charge is 0.396 e. The minimum atomic E-state index is -1.75. The first-order valence-corrected chi connectivity index (χ1v) is 15.7. The molecule has 0 aromatic carbocycles. The zero-order chi connectivity index (χ0) is 33.1. The first kappa shape index (κ1) is 35.0. The van der Waals surface area contributed by atoms with Gasteiger partial charge in [0.15, 0.2) is 12.6 Å². The van der Waals surface area contributed by atoms with E-state index in [1.807, 2.05) is 13.0 Å². The van der Waals surface area contributed by atoms with Gasteiger partial charge in [-0.15, -0.1) is 6.58 Å². The average Bonchev–Trinajstić information content (AvgIpc) is 3.01. The molecule has 3 aliphatic carbocycles. The monoisotopic (exact) mass is 642 g/mol. The Bertz CT molecular complexity index is 1130. The Labute approximate surface area is 263 Å². The van der Waals surface area contributed by atoms with Gasteiger partial charge in [-0.25, -0.2) is 0 Å². The highest BCUT2D eigenvalue weighted by molar-refractivity contribution is 5.37. The van der Waals surface area contributed by atoms with Crippen molar-refractivity contribution in [2.24, 2.45) is 28.1 Å². The predicted octanol–water partition coefficient (Wildman–Crippen LogP) is -1.52. The molecule has 5 rings (SSSR count). The summed E-state index contributed by atoms with van der Waals surface area (Å²) in [6, 6.07) is 0. The highest BCUT2D eigenvalue weighted by atomic mass is 16.7. The zero-order valence-electron chi connectivity index (χ0n) is 26.0. The molecule has 3 fully saturated rings. The summed E-state index contributed by atoms with van der Waals surface area (Å²) in [6.07, 6.45) is -7.35. The van der Waals surface area contributed by atoms with Crippen molar-refractivity contribution in [3.63, 3.8) is 0 Å². The summed E-state index contributed by atoms with van der Waals surface area (Å²) in [7, 11) is 0. The molecule has 0 bridgehead atoms. The highest BCUT2D eigenvalue weighted by Crippen LogP contribution is 2.62. The maximum Gasteiger partial charge on any atom is 0.187 e. The summed E-state index contributed by atoms with van der Waals surface area (Å²) in [5, 5.41) is 94.4. The van der Waals surface area contributed by atoms with Crippen molar-refractivity contribution < 1.29 is 64.9 Å². The molecule has 17 atom stereocenters. The van der Waals surface area contributed by atoms with Crippen LogP contribution in [0.5, 0.6) is 0 Å². The molecular formula is C32H50O13. The second-order valence-electron chi connectivity index (χ2n) is 14.3. The Kier molecular flexibility index (Phi) is 10.1. The van der Waals surface area contributed by atoms with Crippen molar-refractivity contribution in [2.75, 3.05) is 19.8 Å². The van der Waals surface area contributed by atoms with Crippen LogP contribution in [0.1, 0.15) is 40.0 Å². The van der Waals surface area contributed by atoms with Crippen LogP contribution >= 0.6 is 0 Å². The normalized spacial score (nSPS) is 53.3. The van der Waals surface area contributed by atoms with E-state index in [2.05, 4.69) is 38.7 Å². The van der Waals surface area contributed by atoms with Crippen LogP contribution in [0.4, 0.5) is 0 Å². The van der Waals surface area contributed by atoms with Crippen molar-refractivity contribution in [1.82, 2.24) is 0 Å². The molecule has 5 aliphatic rings. The SMILES string of the molecule is C=CC1(C)C=C2C=CC3C(C)(CC(O)C(OC4OC(COC5OC(CO)C(O)C(O)C5O)C(O)C(O)C4O)C3(C)CO)C2CC1. The first-order chi connectivity index (χ1) is 21.1. The number of rotatable bonds is 8. The van der Waals surface area contributed by atoms with E-state index in [0.29, 0.717) is 6.42 Å². The van der Waals surface area contributed by atoms with Crippen LogP contribution in [0, 0.1) is 28.1 Å². The van der Waals surface area contributed by atoms with Gasteiger partial charge in [-0.2, -0.15) is 0 Å². The summed E-state index contributed by atoms with van der Waals surface area (Å²) in [4.78, 5) is 0. The van der Waals surface area contributed by atoms with E-state index in [1.54, 1.807) is 0 Å². The molecule has 45 heavy (non-hydrogen) atoms. The molecule has 0 radical (unpaired) electrons. The lowest BCUT2D eigenvalue weighted by Gasteiger charge is -2.61. The lowest BCUT2D eigenvalue weighted by atomic mass is 9.46. The van der Waals surface area contributed by atoms with Crippen molar-refractivity contribution >= 4 is 0 Å². The van der Waals surface area contributed by atoms with Gasteiger partial charge < -0.3 is 64.9 Å². The third kappa shape index (κ3) is 5.99. The molecule has 9 N–H and O–H groups in total. The minimum absolute atomic E-state index is 0.124. The van der Waals surface area contributed by atoms with E-state index in [-0.39, 0.29) is 23.9 Å². The molecule has 17 unspecified atom stereocenters. The van der Waals surface area contributed by atoms with Gasteiger partial charge in [0.25, 0.3) is 0 Å². The number of hydrogen-bond donors (Lipinski definition) is 9. The molecule has 0 aromatic rings. The van der Waals surface area contributed by atoms with E-state index in [0.717, 1.165) is 12.8 Å². The van der Waals surface area contributed by atoms with Gasteiger partial charge in [-0.1, -0.05) is 45.1 Å². The van der Waals surface area contributed by atoms with Crippen LogP contribution in [0.25, 0.3) is 0 Å². The Morgan fingerprint density at radius 3 is 2.13 bits per heavy atom. The average molecular weight is 643 g/mol. The third-order valence-electron chi connectivity index (χ3n) is 11.2. The summed E-state index contributed by atoms with van der Waals surface area (Å²) in [6.45, 7) is 8.56. The van der Waals surface area contributed by atoms with Crippen LogP contribution in [0.15, 0.2) is 36.5 Å². The Morgan fingerprint density at radius 1 is 0.889 bits per heavy atom. The molecule has 0 spiro atoms. The second-order valence-corrected chi connectivity index (χ2v) is 14.3. The molecule has 2 saturated heterocycles. The van der Waals surface area contributed by atoms with E-state index in [9.17, 15) is 46.0 Å². The minimum Gasteiger partial charge on any atom is -0.396 e. The Hall–Kier alpha value is -1.30. The fraction of sp³-hybridized carbons (Fsp3) is 0.812. The number of hydrogen-bond acceptors (Lipinski definition) is 13. The molecule has 2 aliphatic heterocycles. The molecule has 0 amide bonds. The fourth-order valence-corrected chi connectivity index (χ4v) is 8.41. The fourth-order valence-electron chi connectivity index (χ4n) is 8.41. The molecule has 13 nitrogen and oxygen atoms in total. The lowest BCUT2D eigenvalue weighted by molar-refractivity contribution is -0.351. The number of aliphatic hydroxyl groups excluding tert-OH is 9. The van der Waals surface area contributed by atoms with E-state index in [1.165, 1.54) is 5.57 Å². The molecular weight excluding hydrogens is 592 g/mol. The van der Waals surface area contributed by atoms with Crippen LogP contribution in [0.2, 0.25) is 0 Å². The zero-order valence-corrected chi connectivity index (χ0v) is 26.0. The summed E-state index contributed by atoms with van der Waals surface area (Å²) >= 11 is 0. The van der Waals surface area contributed by atoms with Gasteiger partial charge in [0, 0.05) is 10.8 Å². The topological polar surface area (TPSA) is 219 Å². The quantitative estimate of drug-likeness (QED) is 0.138. The molecule has 256 valence electrons. The van der Waals surface area contributed by atoms with Crippen molar-refractivity contribution in [3.05, 3.63) is 36.5 Å². The molecule has 13 heteroatoms. The number of aliphatic hydroxyl groups is 9. The van der Waals surface area contributed by atoms with Crippen molar-refractivity contribution in [3.8, 4) is 0 Å². The van der Waals surface area contributed by atoms with Gasteiger partial charge in [0.2, 0.25) is 0 Å². The van der Waals surface area contributed by atoms with Crippen LogP contribution in [-0.4, -0.2) is 139 Å². The summed E-state index contributed by atoms with van der Waals surface area (Å²) in [5.74, 6) is -0.0837. The van der Waals surface area contributed by atoms with Crippen LogP contribution in [-0.2, 0) is 18.9 Å². The van der Waals surface area contributed by atoms with Crippen LogP contribution < -0.4 is 0 Å². The number of ether oxygens (including phenoxy) is 4. The van der Waals surface area contributed by atoms with E-state index in [4.69, 9.17) is 18.9 Å². The smallest absolute Gasteiger partial charge is 0.187 e. The van der Waals surface area contributed by atoms with E-state index >= 15 is 0 Å². The standard InChI is InChI=1S/C32H50O13/c1-5-30(2)9-8-16-15(10-30)6-7-20-31(16,3)11-17(35)27(32(20,4)14-34)45-29-26(41)24(39)22(37)19(44-29)13-42-28-25(40)23(38)21(36)18(12-33)43-28/h5-7,10,16-29,33-41H,1,8-9,11-14H2,2-4H3. The predicted molar refractivity (Wildman–Crippen MR) is 157 cm³/mol. The van der Waals surface area contributed by atoms with Gasteiger partial charge >= 0.3 is 0 Å². The van der Waals surface area contributed by atoms with Gasteiger partial charge in [-0.05, 0) is 42.1 Å². The third-order valence-corrected chi connectivity index (χ3v) is 11.2. The van der Waals surface area contributed by atoms with E-state index < -0.39 is 97.7 Å². The summed E-state index contributed by atoms with van der Waals surface area (Å²) < 4.78 is 22.9. The Morgan fingerprint density at radius 2 is 1.51 bits per heavy atom. The number of allylic oxidation sites excluding steroid dienone is 5. The number of fused-ring (bicyclic) bond motifs is 3. The lowest BCUT2D eigenvalue weighted by Crippen LogP contribution is -2.66. The molecule has 1 saturated carbocycles. The maximum absolute atomic E-state index is 11.6. The maximum atomic E-state index is 11.6. The molecule has 2 heterocycles. The second kappa shape index (κ2) is 13.0. The summed E-state index contributed by atoms with van der Waals surface area (Å²) in [5.41, 5.74) is -0.384. The molecule has 0 aromatic heterocycles. The van der Waals surface area contributed by atoms with Gasteiger partial charge in [-0.3, -0.25) is 0 Å².